The zero-order valence-corrected chi connectivity index (χ0v) is 21.6. The normalized spacial score (nSPS) is 12.5. The molecular formula is C16H26I2O6P2. The SMILES string of the molecule is CCOP(=O)(Cc1cc(I)c(CP(=O)(OCC)OCC)cc1I)OCC. The van der Waals surface area contributed by atoms with Crippen molar-refractivity contribution >= 4 is 60.4 Å². The summed E-state index contributed by atoms with van der Waals surface area (Å²) in [6, 6.07) is 3.87. The Morgan fingerprint density at radius 2 is 0.962 bits per heavy atom. The lowest BCUT2D eigenvalue weighted by molar-refractivity contribution is 0.218. The molecule has 1 aromatic rings. The molecule has 0 heterocycles. The smallest absolute Gasteiger partial charge is 0.309 e. The highest BCUT2D eigenvalue weighted by Gasteiger charge is 2.28. The molecule has 10 heteroatoms. The summed E-state index contributed by atoms with van der Waals surface area (Å²) in [4.78, 5) is 0. The molecule has 0 saturated heterocycles. The van der Waals surface area contributed by atoms with E-state index in [0.29, 0.717) is 26.4 Å². The molecule has 0 atom stereocenters. The molecule has 150 valence electrons. The minimum atomic E-state index is -3.18. The van der Waals surface area contributed by atoms with Crippen molar-refractivity contribution in [2.45, 2.75) is 40.0 Å². The van der Waals surface area contributed by atoms with Gasteiger partial charge in [0.05, 0.1) is 38.8 Å². The van der Waals surface area contributed by atoms with Crippen molar-refractivity contribution in [3.63, 3.8) is 0 Å². The first-order valence-electron chi connectivity index (χ1n) is 8.45. The van der Waals surface area contributed by atoms with Crippen molar-refractivity contribution < 1.29 is 27.2 Å². The zero-order chi connectivity index (χ0) is 19.8. The van der Waals surface area contributed by atoms with E-state index >= 15 is 0 Å². The van der Waals surface area contributed by atoms with Gasteiger partial charge < -0.3 is 18.1 Å². The third-order valence-corrected chi connectivity index (χ3v) is 9.32. The van der Waals surface area contributed by atoms with E-state index in [-0.39, 0.29) is 12.3 Å². The van der Waals surface area contributed by atoms with Gasteiger partial charge in [-0.3, -0.25) is 9.13 Å². The number of rotatable bonds is 12. The highest BCUT2D eigenvalue weighted by Crippen LogP contribution is 2.54. The van der Waals surface area contributed by atoms with Crippen LogP contribution in [0.2, 0.25) is 0 Å². The molecular weight excluding hydrogens is 604 g/mol. The second kappa shape index (κ2) is 11.9. The summed E-state index contributed by atoms with van der Waals surface area (Å²) < 4.78 is 49.0. The number of halogens is 2. The monoisotopic (exact) mass is 630 g/mol. The van der Waals surface area contributed by atoms with E-state index < -0.39 is 15.2 Å². The molecule has 1 rings (SSSR count). The number of hydrogen-bond donors (Lipinski definition) is 0. The van der Waals surface area contributed by atoms with Crippen molar-refractivity contribution in [1.29, 1.82) is 0 Å². The molecule has 0 saturated carbocycles. The van der Waals surface area contributed by atoms with E-state index in [1.165, 1.54) is 0 Å². The molecule has 0 aliphatic heterocycles. The second-order valence-electron chi connectivity index (χ2n) is 5.24. The van der Waals surface area contributed by atoms with Gasteiger partial charge in [0.25, 0.3) is 0 Å². The summed E-state index contributed by atoms with van der Waals surface area (Å²) in [6.07, 6.45) is 0.412. The fourth-order valence-corrected chi connectivity index (χ4v) is 7.83. The molecule has 0 aromatic heterocycles. The van der Waals surface area contributed by atoms with E-state index in [9.17, 15) is 9.13 Å². The van der Waals surface area contributed by atoms with Crippen molar-refractivity contribution in [2.24, 2.45) is 0 Å². The van der Waals surface area contributed by atoms with Gasteiger partial charge in [-0.1, -0.05) is 0 Å². The lowest BCUT2D eigenvalue weighted by Gasteiger charge is -2.20. The minimum absolute atomic E-state index is 0.206. The van der Waals surface area contributed by atoms with E-state index in [1.54, 1.807) is 27.7 Å². The third kappa shape index (κ3) is 7.78. The maximum absolute atomic E-state index is 12.8. The van der Waals surface area contributed by atoms with Crippen molar-refractivity contribution in [2.75, 3.05) is 26.4 Å². The first kappa shape index (κ1) is 25.0. The fourth-order valence-electron chi connectivity index (χ4n) is 2.33. The van der Waals surface area contributed by atoms with Crippen LogP contribution < -0.4 is 0 Å². The van der Waals surface area contributed by atoms with Crippen LogP contribution in [0, 0.1) is 7.14 Å². The van der Waals surface area contributed by atoms with Gasteiger partial charge in [0.2, 0.25) is 0 Å². The molecule has 0 N–H and O–H groups in total. The summed E-state index contributed by atoms with van der Waals surface area (Å²) in [6.45, 7) is 8.49. The van der Waals surface area contributed by atoms with Gasteiger partial charge in [-0.25, -0.2) is 0 Å². The lowest BCUT2D eigenvalue weighted by Crippen LogP contribution is -2.04. The highest BCUT2D eigenvalue weighted by molar-refractivity contribution is 14.1. The van der Waals surface area contributed by atoms with Gasteiger partial charge in [0.15, 0.2) is 0 Å². The Bertz CT molecular complexity index is 605. The second-order valence-corrected chi connectivity index (χ2v) is 11.7. The maximum Gasteiger partial charge on any atom is 0.335 e. The van der Waals surface area contributed by atoms with E-state index in [1.807, 2.05) is 12.1 Å². The molecule has 0 spiro atoms. The minimum Gasteiger partial charge on any atom is -0.309 e. The number of benzene rings is 1. The molecule has 0 aliphatic rings. The van der Waals surface area contributed by atoms with Crippen LogP contribution in [0.3, 0.4) is 0 Å². The third-order valence-electron chi connectivity index (χ3n) is 3.25. The first-order chi connectivity index (χ1) is 12.2. The van der Waals surface area contributed by atoms with Crippen molar-refractivity contribution in [1.82, 2.24) is 0 Å². The van der Waals surface area contributed by atoms with Crippen LogP contribution in [0.5, 0.6) is 0 Å². The summed E-state index contributed by atoms with van der Waals surface area (Å²) >= 11 is 4.37. The lowest BCUT2D eigenvalue weighted by atomic mass is 10.2. The van der Waals surface area contributed by atoms with Crippen LogP contribution in [-0.2, 0) is 39.5 Å². The van der Waals surface area contributed by atoms with Gasteiger partial charge in [0.1, 0.15) is 0 Å². The van der Waals surface area contributed by atoms with Gasteiger partial charge in [-0.05, 0) is 96.1 Å². The summed E-state index contributed by atoms with van der Waals surface area (Å²) in [5, 5.41) is 0. The van der Waals surface area contributed by atoms with Crippen molar-refractivity contribution in [3.8, 4) is 0 Å². The Kier molecular flexibility index (Phi) is 11.4. The molecule has 0 amide bonds. The van der Waals surface area contributed by atoms with Crippen LogP contribution in [0.4, 0.5) is 0 Å². The molecule has 26 heavy (non-hydrogen) atoms. The maximum atomic E-state index is 12.8. The van der Waals surface area contributed by atoms with E-state index in [0.717, 1.165) is 18.3 Å². The summed E-state index contributed by atoms with van der Waals surface area (Å²) in [7, 11) is -6.36. The predicted molar refractivity (Wildman–Crippen MR) is 121 cm³/mol. The van der Waals surface area contributed by atoms with Crippen LogP contribution in [0.1, 0.15) is 38.8 Å². The van der Waals surface area contributed by atoms with Crippen molar-refractivity contribution in [3.05, 3.63) is 30.4 Å². The van der Waals surface area contributed by atoms with Crippen LogP contribution in [0.15, 0.2) is 12.1 Å². The first-order valence-corrected chi connectivity index (χ1v) is 14.1. The molecule has 0 unspecified atom stereocenters. The Balaban J connectivity index is 3.11. The molecule has 6 nitrogen and oxygen atoms in total. The predicted octanol–water partition coefficient (Wildman–Crippen LogP) is 6.43. The molecule has 0 aliphatic carbocycles. The van der Waals surface area contributed by atoms with Gasteiger partial charge >= 0.3 is 15.2 Å². The van der Waals surface area contributed by atoms with E-state index in [4.69, 9.17) is 18.1 Å². The molecule has 0 bridgehead atoms. The zero-order valence-electron chi connectivity index (χ0n) is 15.5. The topological polar surface area (TPSA) is 71.1 Å². The van der Waals surface area contributed by atoms with Crippen LogP contribution >= 0.6 is 60.4 Å². The Labute approximate surface area is 183 Å². The average Bonchev–Trinajstić information content (AvgIpc) is 2.53. The van der Waals surface area contributed by atoms with Crippen LogP contribution in [-0.4, -0.2) is 26.4 Å². The molecule has 0 radical (unpaired) electrons. The standard InChI is InChI=1S/C16H26I2O6P2/c1-5-21-25(19,22-6-2)11-13-9-16(18)14(10-15(13)17)12-26(20,23-7-3)24-8-4/h9-10H,5-8,11-12H2,1-4H3. The highest BCUT2D eigenvalue weighted by atomic mass is 127. The van der Waals surface area contributed by atoms with E-state index in [2.05, 4.69) is 45.2 Å². The largest absolute Gasteiger partial charge is 0.335 e. The summed E-state index contributed by atoms with van der Waals surface area (Å²) in [5.74, 6) is 0. The Morgan fingerprint density at radius 1 is 0.692 bits per heavy atom. The van der Waals surface area contributed by atoms with Gasteiger partial charge in [-0.2, -0.15) is 0 Å². The van der Waals surface area contributed by atoms with Crippen LogP contribution in [0.25, 0.3) is 0 Å². The summed E-state index contributed by atoms with van der Waals surface area (Å²) in [5.41, 5.74) is 1.76. The Morgan fingerprint density at radius 3 is 1.19 bits per heavy atom. The quantitative estimate of drug-likeness (QED) is 0.196. The molecule has 0 fully saturated rings. The average molecular weight is 630 g/mol. The molecule has 1 aromatic carbocycles. The fraction of sp³-hybridized carbons (Fsp3) is 0.625. The Hall–Kier alpha value is 0.980. The van der Waals surface area contributed by atoms with Gasteiger partial charge in [0, 0.05) is 7.14 Å². The number of hydrogen-bond acceptors (Lipinski definition) is 6. The van der Waals surface area contributed by atoms with Gasteiger partial charge in [-0.15, -0.1) is 0 Å².